The SMILES string of the molecule is CC(N=NC(=O)C[N+](C)(C)C)c1cccc(C(C)N=NC(=O)C[N+](C)(C)C)n1. The first-order valence-electron chi connectivity index (χ1n) is 9.22. The summed E-state index contributed by atoms with van der Waals surface area (Å²) in [5.41, 5.74) is 1.36. The number of rotatable bonds is 8. The maximum atomic E-state index is 11.9. The zero-order chi connectivity index (χ0) is 21.5. The molecule has 0 bridgehead atoms. The summed E-state index contributed by atoms with van der Waals surface area (Å²) in [5.74, 6) is -0.540. The Kier molecular flexibility index (Phi) is 8.19. The molecule has 2 atom stereocenters. The van der Waals surface area contributed by atoms with Crippen LogP contribution in [-0.2, 0) is 9.59 Å². The third-order valence-electron chi connectivity index (χ3n) is 3.55. The molecule has 0 aliphatic heterocycles. The quantitative estimate of drug-likeness (QED) is 0.503. The maximum absolute atomic E-state index is 11.9. The molecule has 1 aromatic rings. The predicted molar refractivity (Wildman–Crippen MR) is 107 cm³/mol. The number of carbonyl (C=O) groups excluding carboxylic acids is 2. The van der Waals surface area contributed by atoms with E-state index in [-0.39, 0.29) is 37.0 Å². The molecule has 0 radical (unpaired) electrons. The molecule has 0 N–H and O–H groups in total. The van der Waals surface area contributed by atoms with Crippen molar-refractivity contribution in [2.75, 3.05) is 55.4 Å². The lowest BCUT2D eigenvalue weighted by Crippen LogP contribution is -2.38. The minimum absolute atomic E-state index is 0.270. The van der Waals surface area contributed by atoms with Crippen LogP contribution in [-0.4, -0.2) is 81.1 Å². The van der Waals surface area contributed by atoms with Crippen LogP contribution in [0.25, 0.3) is 0 Å². The monoisotopic (exact) mass is 391 g/mol. The van der Waals surface area contributed by atoms with Gasteiger partial charge in [0.25, 0.3) is 0 Å². The Hall–Kier alpha value is -2.39. The van der Waals surface area contributed by atoms with E-state index < -0.39 is 0 Å². The molecule has 0 aromatic carbocycles. The second kappa shape index (κ2) is 9.70. The number of azo groups is 2. The minimum atomic E-state index is -0.361. The summed E-state index contributed by atoms with van der Waals surface area (Å²) in [5, 5.41) is 15.8. The predicted octanol–water partition coefficient (Wildman–Crippen LogP) is 2.57. The molecule has 9 heteroatoms. The smallest absolute Gasteiger partial charge is 0.318 e. The number of quaternary nitrogens is 2. The first-order valence-corrected chi connectivity index (χ1v) is 9.22. The van der Waals surface area contributed by atoms with Crippen LogP contribution in [0.3, 0.4) is 0 Å². The summed E-state index contributed by atoms with van der Waals surface area (Å²) in [7, 11) is 11.5. The topological polar surface area (TPSA) is 96.5 Å². The summed E-state index contributed by atoms with van der Waals surface area (Å²) >= 11 is 0. The molecule has 2 unspecified atom stereocenters. The first-order chi connectivity index (χ1) is 12.8. The minimum Gasteiger partial charge on any atom is -0.323 e. The Bertz CT molecular complexity index is 686. The van der Waals surface area contributed by atoms with Gasteiger partial charge in [-0.2, -0.15) is 10.2 Å². The van der Waals surface area contributed by atoms with E-state index in [1.165, 1.54) is 0 Å². The van der Waals surface area contributed by atoms with Crippen molar-refractivity contribution in [3.8, 4) is 0 Å². The third kappa shape index (κ3) is 9.52. The molecule has 1 rings (SSSR count). The van der Waals surface area contributed by atoms with Crippen molar-refractivity contribution < 1.29 is 18.6 Å². The zero-order valence-corrected chi connectivity index (χ0v) is 18.2. The summed E-state index contributed by atoms with van der Waals surface area (Å²) in [4.78, 5) is 28.3. The summed E-state index contributed by atoms with van der Waals surface area (Å²) in [6.45, 7) is 4.21. The molecular formula is C19H33N7O2+2. The van der Waals surface area contributed by atoms with E-state index in [2.05, 4.69) is 25.4 Å². The molecule has 28 heavy (non-hydrogen) atoms. The van der Waals surface area contributed by atoms with Gasteiger partial charge < -0.3 is 8.97 Å². The lowest BCUT2D eigenvalue weighted by atomic mass is 10.1. The van der Waals surface area contributed by atoms with Crippen LogP contribution >= 0.6 is 0 Å². The van der Waals surface area contributed by atoms with E-state index in [0.717, 1.165) is 0 Å². The maximum Gasteiger partial charge on any atom is 0.318 e. The normalized spacial score (nSPS) is 15.1. The highest BCUT2D eigenvalue weighted by Gasteiger charge is 2.16. The molecule has 0 aliphatic carbocycles. The van der Waals surface area contributed by atoms with Crippen molar-refractivity contribution in [2.45, 2.75) is 25.9 Å². The molecule has 1 aromatic heterocycles. The van der Waals surface area contributed by atoms with Gasteiger partial charge >= 0.3 is 11.8 Å². The van der Waals surface area contributed by atoms with Crippen LogP contribution < -0.4 is 0 Å². The van der Waals surface area contributed by atoms with Crippen LogP contribution in [0.15, 0.2) is 38.7 Å². The van der Waals surface area contributed by atoms with Crippen LogP contribution in [0.5, 0.6) is 0 Å². The number of amides is 2. The van der Waals surface area contributed by atoms with E-state index in [0.29, 0.717) is 20.4 Å². The Balaban J connectivity index is 2.79. The van der Waals surface area contributed by atoms with Gasteiger partial charge in [0.05, 0.1) is 53.7 Å². The van der Waals surface area contributed by atoms with Gasteiger partial charge in [0.15, 0.2) is 13.1 Å². The fourth-order valence-electron chi connectivity index (χ4n) is 2.23. The molecule has 0 saturated heterocycles. The summed E-state index contributed by atoms with van der Waals surface area (Å²) in [6.07, 6.45) is 0. The second-order valence-electron chi connectivity index (χ2n) is 8.95. The second-order valence-corrected chi connectivity index (χ2v) is 8.95. The molecule has 0 fully saturated rings. The van der Waals surface area contributed by atoms with Gasteiger partial charge in [0, 0.05) is 0 Å². The molecule has 0 saturated carbocycles. The number of hydrogen-bond acceptors (Lipinski definition) is 5. The van der Waals surface area contributed by atoms with Crippen molar-refractivity contribution in [1.29, 1.82) is 0 Å². The third-order valence-corrected chi connectivity index (χ3v) is 3.55. The van der Waals surface area contributed by atoms with Crippen molar-refractivity contribution in [1.82, 2.24) is 4.98 Å². The van der Waals surface area contributed by atoms with Crippen LogP contribution in [0.4, 0.5) is 0 Å². The standard InChI is InChI=1S/C19H33N7O2/c1-14(21-23-18(27)12-25(3,4)5)16-10-9-11-17(20-16)15(2)22-24-19(28)13-26(6,7)8/h9-11,14-15H,12-13H2,1-8H3/q+2. The zero-order valence-electron chi connectivity index (χ0n) is 18.2. The van der Waals surface area contributed by atoms with Gasteiger partial charge in [-0.05, 0) is 26.0 Å². The highest BCUT2D eigenvalue weighted by atomic mass is 16.2. The lowest BCUT2D eigenvalue weighted by molar-refractivity contribution is -0.862. The van der Waals surface area contributed by atoms with E-state index in [4.69, 9.17) is 0 Å². The summed E-state index contributed by atoms with van der Waals surface area (Å²) in [6, 6.07) is 4.77. The molecule has 0 spiro atoms. The number of nitrogens with zero attached hydrogens (tertiary/aromatic N) is 7. The molecular weight excluding hydrogens is 358 g/mol. The van der Waals surface area contributed by atoms with Crippen molar-refractivity contribution >= 4 is 11.8 Å². The number of carbonyl (C=O) groups is 2. The highest BCUT2D eigenvalue weighted by molar-refractivity contribution is 5.77. The van der Waals surface area contributed by atoms with Gasteiger partial charge in [-0.25, -0.2) is 0 Å². The Labute approximate surface area is 167 Å². The van der Waals surface area contributed by atoms with E-state index in [9.17, 15) is 9.59 Å². The van der Waals surface area contributed by atoms with Gasteiger partial charge in [0.1, 0.15) is 12.1 Å². The number of pyridine rings is 1. The van der Waals surface area contributed by atoms with E-state index in [1.807, 2.05) is 74.3 Å². The van der Waals surface area contributed by atoms with E-state index in [1.54, 1.807) is 0 Å². The lowest BCUT2D eigenvalue weighted by Gasteiger charge is -2.21. The first kappa shape index (κ1) is 23.6. The number of aromatic nitrogens is 1. The van der Waals surface area contributed by atoms with Crippen LogP contribution in [0.2, 0.25) is 0 Å². The molecule has 154 valence electrons. The van der Waals surface area contributed by atoms with Gasteiger partial charge in [-0.15, -0.1) is 10.2 Å². The highest BCUT2D eigenvalue weighted by Crippen LogP contribution is 2.20. The molecule has 2 amide bonds. The van der Waals surface area contributed by atoms with Crippen molar-refractivity contribution in [3.63, 3.8) is 0 Å². The van der Waals surface area contributed by atoms with Crippen molar-refractivity contribution in [3.05, 3.63) is 29.6 Å². The fraction of sp³-hybridized carbons (Fsp3) is 0.632. The average molecular weight is 392 g/mol. The largest absolute Gasteiger partial charge is 0.323 e. The van der Waals surface area contributed by atoms with Crippen molar-refractivity contribution in [2.24, 2.45) is 20.5 Å². The fourth-order valence-corrected chi connectivity index (χ4v) is 2.23. The van der Waals surface area contributed by atoms with Gasteiger partial charge in [0.2, 0.25) is 0 Å². The number of likely N-dealkylation sites (N-methyl/N-ethyl adjacent to an activating group) is 2. The summed E-state index contributed by atoms with van der Waals surface area (Å²) < 4.78 is 0.991. The molecule has 9 nitrogen and oxygen atoms in total. The van der Waals surface area contributed by atoms with Crippen LogP contribution in [0.1, 0.15) is 37.3 Å². The molecule has 0 aliphatic rings. The number of hydrogen-bond donors (Lipinski definition) is 0. The van der Waals surface area contributed by atoms with Gasteiger partial charge in [-0.1, -0.05) is 6.07 Å². The Morgan fingerprint density at radius 3 is 1.50 bits per heavy atom. The Morgan fingerprint density at radius 2 is 1.18 bits per heavy atom. The van der Waals surface area contributed by atoms with Gasteiger partial charge in [-0.3, -0.25) is 14.6 Å². The van der Waals surface area contributed by atoms with Crippen LogP contribution in [0, 0.1) is 0 Å². The molecule has 1 heterocycles. The average Bonchev–Trinajstić information content (AvgIpc) is 2.54. The van der Waals surface area contributed by atoms with E-state index >= 15 is 0 Å². The Morgan fingerprint density at radius 1 is 0.821 bits per heavy atom.